The number of aromatic nitrogens is 2. The molecule has 4 heteroatoms. The molecule has 0 radical (unpaired) electrons. The quantitative estimate of drug-likeness (QED) is 0.714. The molecule has 0 spiro atoms. The van der Waals surface area contributed by atoms with Crippen LogP contribution in [0.1, 0.15) is 9.80 Å². The number of aldehydes is 1. The van der Waals surface area contributed by atoms with Gasteiger partial charge in [0.25, 0.3) is 0 Å². The van der Waals surface area contributed by atoms with Gasteiger partial charge in [0.15, 0.2) is 11.3 Å². The van der Waals surface area contributed by atoms with Gasteiger partial charge in [-0.1, -0.05) is 0 Å². The first-order chi connectivity index (χ1) is 5.90. The lowest BCUT2D eigenvalue weighted by molar-refractivity contribution is 0.112. The third-order valence-electron chi connectivity index (χ3n) is 1.50. The Balaban J connectivity index is 2.41. The summed E-state index contributed by atoms with van der Waals surface area (Å²) in [5.74, 6) is 0. The van der Waals surface area contributed by atoms with Crippen molar-refractivity contribution in [3.63, 3.8) is 0 Å². The maximum Gasteiger partial charge on any atom is 0.178 e. The Labute approximate surface area is 73.1 Å². The molecule has 0 unspecified atom stereocenters. The van der Waals surface area contributed by atoms with Crippen LogP contribution in [0.4, 0.5) is 0 Å². The summed E-state index contributed by atoms with van der Waals surface area (Å²) in [5.41, 5.74) is 1.77. The van der Waals surface area contributed by atoms with E-state index in [2.05, 4.69) is 9.97 Å². The van der Waals surface area contributed by atoms with Gasteiger partial charge in [0, 0.05) is 11.6 Å². The summed E-state index contributed by atoms with van der Waals surface area (Å²) in [6.07, 6.45) is 2.59. The number of rotatable bonds is 2. The van der Waals surface area contributed by atoms with E-state index < -0.39 is 0 Å². The molecular weight excluding hydrogens is 172 g/mol. The van der Waals surface area contributed by atoms with Crippen LogP contribution in [0.3, 0.4) is 0 Å². The Kier molecular flexibility index (Phi) is 1.75. The van der Waals surface area contributed by atoms with E-state index in [-0.39, 0.29) is 0 Å². The number of hydrogen-bond donors (Lipinski definition) is 1. The van der Waals surface area contributed by atoms with Crippen molar-refractivity contribution in [2.75, 3.05) is 0 Å². The minimum Gasteiger partial charge on any atom is -0.360 e. The van der Waals surface area contributed by atoms with E-state index in [1.807, 2.05) is 23.7 Å². The fourth-order valence-electron chi connectivity index (χ4n) is 0.955. The van der Waals surface area contributed by atoms with Crippen LogP contribution in [0.25, 0.3) is 11.4 Å². The van der Waals surface area contributed by atoms with Crippen LogP contribution in [0.15, 0.2) is 23.7 Å². The third-order valence-corrected chi connectivity index (χ3v) is 2.27. The number of hydrogen-bond acceptors (Lipinski definition) is 3. The molecule has 0 atom stereocenters. The maximum absolute atomic E-state index is 10.3. The first-order valence-corrected chi connectivity index (χ1v) is 4.32. The van der Waals surface area contributed by atoms with Gasteiger partial charge in [0.1, 0.15) is 0 Å². The van der Waals surface area contributed by atoms with Gasteiger partial charge in [-0.15, -0.1) is 11.3 Å². The number of aromatic amines is 1. The minimum atomic E-state index is 0.514. The molecule has 2 aromatic heterocycles. The van der Waals surface area contributed by atoms with E-state index in [1.54, 1.807) is 0 Å². The molecule has 2 aromatic rings. The highest BCUT2D eigenvalue weighted by molar-refractivity contribution is 7.11. The molecule has 0 amide bonds. The lowest BCUT2D eigenvalue weighted by Crippen LogP contribution is -1.79. The van der Waals surface area contributed by atoms with Crippen LogP contribution < -0.4 is 0 Å². The maximum atomic E-state index is 10.3. The number of nitrogens with zero attached hydrogens (tertiary/aromatic N) is 1. The molecule has 12 heavy (non-hydrogen) atoms. The molecule has 3 nitrogen and oxygen atoms in total. The highest BCUT2D eigenvalue weighted by Gasteiger charge is 2.02. The van der Waals surface area contributed by atoms with Gasteiger partial charge >= 0.3 is 0 Å². The molecule has 0 saturated carbocycles. The topological polar surface area (TPSA) is 45.8 Å². The predicted octanol–water partition coefficient (Wildman–Crippen LogP) is 1.95. The Morgan fingerprint density at radius 2 is 2.50 bits per heavy atom. The van der Waals surface area contributed by atoms with Gasteiger partial charge in [-0.2, -0.15) is 0 Å². The number of thiazole rings is 1. The molecule has 60 valence electrons. The number of carbonyl (C=O) groups excluding carboxylic acids is 1. The van der Waals surface area contributed by atoms with Crippen molar-refractivity contribution in [1.29, 1.82) is 0 Å². The van der Waals surface area contributed by atoms with Crippen molar-refractivity contribution in [2.45, 2.75) is 0 Å². The van der Waals surface area contributed by atoms with Crippen LogP contribution in [0.5, 0.6) is 0 Å². The fourth-order valence-corrected chi connectivity index (χ4v) is 1.57. The van der Waals surface area contributed by atoms with Gasteiger partial charge in [0.2, 0.25) is 0 Å². The van der Waals surface area contributed by atoms with Gasteiger partial charge in [-0.25, -0.2) is 4.98 Å². The molecule has 2 heterocycles. The highest BCUT2D eigenvalue weighted by atomic mass is 32.1. The lowest BCUT2D eigenvalue weighted by Gasteiger charge is -1.86. The van der Waals surface area contributed by atoms with Gasteiger partial charge in [-0.05, 0) is 12.1 Å². The zero-order valence-corrected chi connectivity index (χ0v) is 6.97. The van der Waals surface area contributed by atoms with Gasteiger partial charge in [0.05, 0.1) is 11.4 Å². The molecule has 1 N–H and O–H groups in total. The lowest BCUT2D eigenvalue weighted by atomic mass is 10.3. The summed E-state index contributed by atoms with van der Waals surface area (Å²) >= 11 is 1.35. The summed E-state index contributed by atoms with van der Waals surface area (Å²) in [4.78, 5) is 17.4. The van der Waals surface area contributed by atoms with E-state index in [4.69, 9.17) is 0 Å². The number of H-pyrrole nitrogens is 1. The van der Waals surface area contributed by atoms with E-state index in [9.17, 15) is 4.79 Å². The van der Waals surface area contributed by atoms with Crippen molar-refractivity contribution in [3.05, 3.63) is 28.7 Å². The zero-order valence-electron chi connectivity index (χ0n) is 6.15. The Hall–Kier alpha value is -1.42. The zero-order chi connectivity index (χ0) is 8.39. The molecule has 0 fully saturated rings. The van der Waals surface area contributed by atoms with Crippen LogP contribution in [-0.2, 0) is 0 Å². The van der Waals surface area contributed by atoms with Crippen LogP contribution in [0, 0.1) is 0 Å². The molecule has 0 bridgehead atoms. The van der Waals surface area contributed by atoms with Crippen molar-refractivity contribution >= 4 is 17.6 Å². The number of nitrogens with one attached hydrogen (secondary N) is 1. The summed E-state index contributed by atoms with van der Waals surface area (Å²) in [5, 5.41) is 2.37. The monoisotopic (exact) mass is 178 g/mol. The third kappa shape index (κ3) is 1.16. The summed E-state index contributed by atoms with van der Waals surface area (Å²) in [7, 11) is 0. The first kappa shape index (κ1) is 7.24. The SMILES string of the molecule is O=Cc1nc(-c2ccc[nH]2)cs1. The van der Waals surface area contributed by atoms with Crippen molar-refractivity contribution < 1.29 is 4.79 Å². The molecular formula is C8H6N2OS. The Morgan fingerprint density at radius 1 is 1.58 bits per heavy atom. The second-order valence-electron chi connectivity index (χ2n) is 2.27. The largest absolute Gasteiger partial charge is 0.360 e. The molecule has 0 aliphatic heterocycles. The summed E-state index contributed by atoms with van der Waals surface area (Å²) < 4.78 is 0. The number of carbonyl (C=O) groups is 1. The second kappa shape index (κ2) is 2.91. The molecule has 0 saturated heterocycles. The Morgan fingerprint density at radius 3 is 3.08 bits per heavy atom. The molecule has 0 aliphatic rings. The summed E-state index contributed by atoms with van der Waals surface area (Å²) in [6.45, 7) is 0. The molecule has 0 aliphatic carbocycles. The normalized spacial score (nSPS) is 10.0. The Bertz CT molecular complexity index is 377. The van der Waals surface area contributed by atoms with E-state index in [1.165, 1.54) is 11.3 Å². The summed E-state index contributed by atoms with van der Waals surface area (Å²) in [6, 6.07) is 3.82. The average molecular weight is 178 g/mol. The van der Waals surface area contributed by atoms with Gasteiger partial charge in [-0.3, -0.25) is 4.79 Å². The van der Waals surface area contributed by atoms with E-state index in [0.29, 0.717) is 5.01 Å². The van der Waals surface area contributed by atoms with Crippen LogP contribution in [0.2, 0.25) is 0 Å². The molecule has 0 aromatic carbocycles. The van der Waals surface area contributed by atoms with E-state index in [0.717, 1.165) is 17.7 Å². The van der Waals surface area contributed by atoms with Gasteiger partial charge < -0.3 is 4.98 Å². The molecule has 2 rings (SSSR count). The minimum absolute atomic E-state index is 0.514. The van der Waals surface area contributed by atoms with Crippen molar-refractivity contribution in [1.82, 2.24) is 9.97 Å². The smallest absolute Gasteiger partial charge is 0.178 e. The van der Waals surface area contributed by atoms with E-state index >= 15 is 0 Å². The average Bonchev–Trinajstić information content (AvgIpc) is 2.75. The highest BCUT2D eigenvalue weighted by Crippen LogP contribution is 2.18. The standard InChI is InChI=1S/C8H6N2OS/c11-4-8-10-7(5-12-8)6-2-1-3-9-6/h1-5,9H. The fraction of sp³-hybridized carbons (Fsp3) is 0. The van der Waals surface area contributed by atoms with Crippen molar-refractivity contribution in [2.24, 2.45) is 0 Å². The van der Waals surface area contributed by atoms with Crippen molar-refractivity contribution in [3.8, 4) is 11.4 Å². The first-order valence-electron chi connectivity index (χ1n) is 3.44. The van der Waals surface area contributed by atoms with Crippen LogP contribution >= 0.6 is 11.3 Å². The second-order valence-corrected chi connectivity index (χ2v) is 3.16. The van der Waals surface area contributed by atoms with Crippen LogP contribution in [-0.4, -0.2) is 16.3 Å². The predicted molar refractivity (Wildman–Crippen MR) is 47.3 cm³/mol.